The highest BCUT2D eigenvalue weighted by Crippen LogP contribution is 2.27. The van der Waals surface area contributed by atoms with Crippen molar-refractivity contribution in [2.45, 2.75) is 19.9 Å². The molecule has 0 saturated carbocycles. The fraction of sp³-hybridized carbons (Fsp3) is 0.364. The third kappa shape index (κ3) is 3.87. The van der Waals surface area contributed by atoms with Crippen LogP contribution in [0.2, 0.25) is 0 Å². The largest absolute Gasteiger partial charge is 0.497 e. The maximum Gasteiger partial charge on any atom is 0.247 e. The number of anilines is 1. The average molecular weight is 378 g/mol. The Labute approximate surface area is 165 Å². The van der Waals surface area contributed by atoms with Crippen LogP contribution in [0.1, 0.15) is 24.4 Å². The molecule has 4 rings (SSSR count). The summed E-state index contributed by atoms with van der Waals surface area (Å²) in [4.78, 5) is 4.78. The van der Waals surface area contributed by atoms with Gasteiger partial charge in [-0.05, 0) is 38.1 Å². The van der Waals surface area contributed by atoms with E-state index in [-0.39, 0.29) is 6.04 Å². The predicted octanol–water partition coefficient (Wildman–Crippen LogP) is 3.94. The van der Waals surface area contributed by atoms with E-state index < -0.39 is 0 Å². The summed E-state index contributed by atoms with van der Waals surface area (Å²) in [7, 11) is 1.70. The van der Waals surface area contributed by atoms with Gasteiger partial charge in [0.1, 0.15) is 5.75 Å². The summed E-state index contributed by atoms with van der Waals surface area (Å²) in [5, 5.41) is 8.57. The monoisotopic (exact) mass is 378 g/mol. The number of benzene rings is 2. The first-order valence-corrected chi connectivity index (χ1v) is 9.67. The number of hydrogen-bond donors (Lipinski definition) is 0. The van der Waals surface area contributed by atoms with Crippen molar-refractivity contribution in [1.29, 1.82) is 0 Å². The molecule has 0 N–H and O–H groups in total. The first kappa shape index (κ1) is 18.5. The Morgan fingerprint density at radius 1 is 1.00 bits per heavy atom. The molecule has 0 bridgehead atoms. The van der Waals surface area contributed by atoms with Gasteiger partial charge in [0.25, 0.3) is 0 Å². The molecule has 0 radical (unpaired) electrons. The number of aromatic nitrogens is 2. The first-order chi connectivity index (χ1) is 13.6. The van der Waals surface area contributed by atoms with Crippen molar-refractivity contribution in [2.75, 3.05) is 38.2 Å². The van der Waals surface area contributed by atoms with Crippen LogP contribution in [0.5, 0.6) is 5.75 Å². The first-order valence-electron chi connectivity index (χ1n) is 9.67. The number of nitrogens with zero attached hydrogens (tertiary/aromatic N) is 4. The van der Waals surface area contributed by atoms with Crippen molar-refractivity contribution in [3.05, 3.63) is 60.0 Å². The molecule has 3 aromatic rings. The molecule has 6 nitrogen and oxygen atoms in total. The molecular formula is C22H26N4O2. The van der Waals surface area contributed by atoms with Crippen molar-refractivity contribution in [2.24, 2.45) is 0 Å². The van der Waals surface area contributed by atoms with E-state index in [0.717, 1.165) is 37.5 Å². The number of rotatable bonds is 5. The minimum absolute atomic E-state index is 0.0959. The summed E-state index contributed by atoms with van der Waals surface area (Å²) in [5.41, 5.74) is 3.35. The molecule has 146 valence electrons. The SMILES string of the molecule is COc1cccc(N2CCN([C@@H](C)c3nnc(-c4cccc(C)c4)o3)CC2)c1. The van der Waals surface area contributed by atoms with E-state index in [9.17, 15) is 0 Å². The lowest BCUT2D eigenvalue weighted by molar-refractivity contribution is 0.173. The van der Waals surface area contributed by atoms with Gasteiger partial charge in [-0.25, -0.2) is 0 Å². The van der Waals surface area contributed by atoms with Gasteiger partial charge >= 0.3 is 0 Å². The maximum absolute atomic E-state index is 5.99. The molecule has 1 aliphatic heterocycles. The second kappa shape index (κ2) is 8.02. The van der Waals surface area contributed by atoms with Crippen LogP contribution < -0.4 is 9.64 Å². The summed E-state index contributed by atoms with van der Waals surface area (Å²) in [5.74, 6) is 2.15. The molecule has 0 unspecified atom stereocenters. The zero-order valence-electron chi connectivity index (χ0n) is 16.6. The Balaban J connectivity index is 1.41. The lowest BCUT2D eigenvalue weighted by Crippen LogP contribution is -2.47. The molecule has 2 aromatic carbocycles. The summed E-state index contributed by atoms with van der Waals surface area (Å²) in [6, 6.07) is 16.5. The fourth-order valence-corrected chi connectivity index (χ4v) is 3.63. The van der Waals surface area contributed by atoms with Crippen LogP contribution in [-0.4, -0.2) is 48.4 Å². The third-order valence-corrected chi connectivity index (χ3v) is 5.34. The molecule has 1 aliphatic rings. The number of ether oxygens (including phenoxy) is 1. The molecule has 1 atom stereocenters. The van der Waals surface area contributed by atoms with Crippen LogP contribution in [0, 0.1) is 6.92 Å². The van der Waals surface area contributed by atoms with Crippen LogP contribution in [0.25, 0.3) is 11.5 Å². The van der Waals surface area contributed by atoms with Gasteiger partial charge in [0.15, 0.2) is 0 Å². The zero-order valence-corrected chi connectivity index (χ0v) is 16.6. The standard InChI is InChI=1S/C22H26N4O2/c1-16-6-4-7-18(14-16)22-24-23-21(28-22)17(2)25-10-12-26(13-11-25)19-8-5-9-20(15-19)27-3/h4-9,14-15,17H,10-13H2,1-3H3/t17-/m0/s1. The second-order valence-electron chi connectivity index (χ2n) is 7.22. The minimum Gasteiger partial charge on any atom is -0.497 e. The van der Waals surface area contributed by atoms with E-state index in [1.165, 1.54) is 11.3 Å². The molecule has 28 heavy (non-hydrogen) atoms. The number of methoxy groups -OCH3 is 1. The molecule has 6 heteroatoms. The van der Waals surface area contributed by atoms with Crippen LogP contribution in [0.4, 0.5) is 5.69 Å². The van der Waals surface area contributed by atoms with Crippen LogP contribution >= 0.6 is 0 Å². The summed E-state index contributed by atoms with van der Waals surface area (Å²) < 4.78 is 11.3. The highest BCUT2D eigenvalue weighted by molar-refractivity contribution is 5.53. The molecule has 0 amide bonds. The summed E-state index contributed by atoms with van der Waals surface area (Å²) >= 11 is 0. The van der Waals surface area contributed by atoms with Crippen molar-refractivity contribution < 1.29 is 9.15 Å². The van der Waals surface area contributed by atoms with Gasteiger partial charge in [0.2, 0.25) is 11.8 Å². The van der Waals surface area contributed by atoms with Gasteiger partial charge in [0, 0.05) is 43.5 Å². The Morgan fingerprint density at radius 3 is 2.54 bits per heavy atom. The van der Waals surface area contributed by atoms with Crippen molar-refractivity contribution in [1.82, 2.24) is 15.1 Å². The zero-order chi connectivity index (χ0) is 19.5. The topological polar surface area (TPSA) is 54.6 Å². The molecule has 1 saturated heterocycles. The summed E-state index contributed by atoms with van der Waals surface area (Å²) in [6.45, 7) is 7.99. The Bertz CT molecular complexity index is 932. The maximum atomic E-state index is 5.99. The van der Waals surface area contributed by atoms with E-state index in [0.29, 0.717) is 11.8 Å². The molecule has 0 aliphatic carbocycles. The van der Waals surface area contributed by atoms with Gasteiger partial charge < -0.3 is 14.1 Å². The van der Waals surface area contributed by atoms with Gasteiger partial charge in [-0.3, -0.25) is 4.90 Å². The van der Waals surface area contributed by atoms with E-state index in [1.807, 2.05) is 24.3 Å². The molecule has 1 aromatic heterocycles. The van der Waals surface area contributed by atoms with Crippen molar-refractivity contribution in [3.8, 4) is 17.2 Å². The van der Waals surface area contributed by atoms with Crippen molar-refractivity contribution >= 4 is 5.69 Å². The van der Waals surface area contributed by atoms with E-state index in [4.69, 9.17) is 9.15 Å². The quantitative estimate of drug-likeness (QED) is 0.670. The number of hydrogen-bond acceptors (Lipinski definition) is 6. The van der Waals surface area contributed by atoms with Gasteiger partial charge in [0.05, 0.1) is 13.2 Å². The highest BCUT2D eigenvalue weighted by atomic mass is 16.5. The normalized spacial score (nSPS) is 16.2. The van der Waals surface area contributed by atoms with Crippen LogP contribution in [0.3, 0.4) is 0 Å². The lowest BCUT2D eigenvalue weighted by Gasteiger charge is -2.38. The van der Waals surface area contributed by atoms with Gasteiger partial charge in [-0.2, -0.15) is 0 Å². The van der Waals surface area contributed by atoms with Gasteiger partial charge in [-0.15, -0.1) is 10.2 Å². The number of piperazine rings is 1. The summed E-state index contributed by atoms with van der Waals surface area (Å²) in [6.07, 6.45) is 0. The second-order valence-corrected chi connectivity index (χ2v) is 7.22. The average Bonchev–Trinajstić information content (AvgIpc) is 3.24. The Hall–Kier alpha value is -2.86. The molecular weight excluding hydrogens is 352 g/mol. The fourth-order valence-electron chi connectivity index (χ4n) is 3.63. The molecule has 2 heterocycles. The smallest absolute Gasteiger partial charge is 0.247 e. The minimum atomic E-state index is 0.0959. The van der Waals surface area contributed by atoms with Crippen LogP contribution in [-0.2, 0) is 0 Å². The van der Waals surface area contributed by atoms with E-state index in [1.54, 1.807) is 7.11 Å². The Kier molecular flexibility index (Phi) is 5.30. The van der Waals surface area contributed by atoms with Crippen molar-refractivity contribution in [3.63, 3.8) is 0 Å². The predicted molar refractivity (Wildman–Crippen MR) is 110 cm³/mol. The highest BCUT2D eigenvalue weighted by Gasteiger charge is 2.26. The lowest BCUT2D eigenvalue weighted by atomic mass is 10.1. The molecule has 0 spiro atoms. The van der Waals surface area contributed by atoms with Crippen LogP contribution in [0.15, 0.2) is 52.9 Å². The van der Waals surface area contributed by atoms with E-state index >= 15 is 0 Å². The Morgan fingerprint density at radius 2 is 1.79 bits per heavy atom. The third-order valence-electron chi connectivity index (χ3n) is 5.34. The van der Waals surface area contributed by atoms with Gasteiger partial charge in [-0.1, -0.05) is 23.8 Å². The van der Waals surface area contributed by atoms with E-state index in [2.05, 4.69) is 58.1 Å². The number of aryl methyl sites for hydroxylation is 1. The molecule has 1 fully saturated rings.